The molecule has 0 aliphatic carbocycles. The largest absolute Gasteiger partial charge is 0.0588 e. The van der Waals surface area contributed by atoms with Crippen LogP contribution in [0, 0.1) is 27.7 Å². The first-order valence-electron chi connectivity index (χ1n) is 3.37. The summed E-state index contributed by atoms with van der Waals surface area (Å²) in [6.45, 7) is 11.9. The molecule has 0 bridgehead atoms. The molecule has 0 nitrogen and oxygen atoms in total. The van der Waals surface area contributed by atoms with E-state index in [4.69, 9.17) is 0 Å². The molecule has 1 rings (SSSR count). The molecule has 10 heavy (non-hydrogen) atoms. The van der Waals surface area contributed by atoms with E-state index in [-0.39, 0.29) is 0 Å². The van der Waals surface area contributed by atoms with Crippen molar-refractivity contribution < 1.29 is 0 Å². The fraction of sp³-hybridized carbons (Fsp3) is 0.200. The van der Waals surface area contributed by atoms with Crippen LogP contribution in [0.3, 0.4) is 0 Å². The smallest absolute Gasteiger partial charge is 0.0233 e. The highest BCUT2D eigenvalue weighted by molar-refractivity contribution is 5.42. The zero-order valence-electron chi connectivity index (χ0n) is 6.57. The van der Waals surface area contributed by atoms with E-state index in [0.29, 0.717) is 0 Å². The third-order valence-electron chi connectivity index (χ3n) is 1.97. The Morgan fingerprint density at radius 2 is 1.70 bits per heavy atom. The molecule has 0 aromatic heterocycles. The molecule has 0 aliphatic rings. The van der Waals surface area contributed by atoms with Gasteiger partial charge in [0.25, 0.3) is 0 Å². The third-order valence-corrected chi connectivity index (χ3v) is 1.97. The van der Waals surface area contributed by atoms with Crippen molar-refractivity contribution in [3.63, 3.8) is 0 Å². The first-order valence-corrected chi connectivity index (χ1v) is 3.37. The van der Waals surface area contributed by atoms with Crippen molar-refractivity contribution in [2.75, 3.05) is 0 Å². The van der Waals surface area contributed by atoms with Gasteiger partial charge in [0.2, 0.25) is 0 Å². The molecule has 0 heterocycles. The van der Waals surface area contributed by atoms with Crippen molar-refractivity contribution in [2.45, 2.75) is 13.8 Å². The Morgan fingerprint density at radius 1 is 1.10 bits per heavy atom. The molecule has 0 spiro atoms. The lowest BCUT2D eigenvalue weighted by molar-refractivity contribution is 1.29. The van der Waals surface area contributed by atoms with E-state index in [1.807, 2.05) is 6.07 Å². The summed E-state index contributed by atoms with van der Waals surface area (Å²) in [5, 5.41) is 0. The Hall–Kier alpha value is -0.780. The highest BCUT2D eigenvalue weighted by Crippen LogP contribution is 2.15. The molecule has 0 N–H and O–H groups in total. The molecular weight excluding hydrogens is 120 g/mol. The van der Waals surface area contributed by atoms with Crippen LogP contribution < -0.4 is 0 Å². The van der Waals surface area contributed by atoms with Gasteiger partial charge in [-0.1, -0.05) is 12.1 Å². The van der Waals surface area contributed by atoms with Gasteiger partial charge in [-0.05, 0) is 49.9 Å². The van der Waals surface area contributed by atoms with Gasteiger partial charge in [-0.15, -0.1) is 0 Å². The summed E-state index contributed by atoms with van der Waals surface area (Å²) in [6.07, 6.45) is 0. The molecule has 1 aromatic rings. The Morgan fingerprint density at radius 3 is 2.20 bits per heavy atom. The van der Waals surface area contributed by atoms with Crippen LogP contribution in [-0.2, 0) is 0 Å². The van der Waals surface area contributed by atoms with Crippen LogP contribution in [0.15, 0.2) is 12.1 Å². The number of hydrogen-bond acceptors (Lipinski definition) is 0. The van der Waals surface area contributed by atoms with Crippen LogP contribution in [0.4, 0.5) is 0 Å². The number of benzene rings is 1. The Labute approximate surface area is 62.9 Å². The standard InChI is InChI=1S/C10H12/c1-7-5-6-8(2)10(4)9(7)3/h5-6H,1,3H2,2,4H3. The van der Waals surface area contributed by atoms with E-state index >= 15 is 0 Å². The summed E-state index contributed by atoms with van der Waals surface area (Å²) < 4.78 is 0. The van der Waals surface area contributed by atoms with E-state index < -0.39 is 0 Å². The molecule has 0 unspecified atom stereocenters. The first kappa shape index (κ1) is 7.33. The third kappa shape index (κ3) is 1.06. The van der Waals surface area contributed by atoms with Crippen molar-refractivity contribution in [1.29, 1.82) is 0 Å². The predicted octanol–water partition coefficient (Wildman–Crippen LogP) is 2.67. The first-order chi connectivity index (χ1) is 4.63. The Kier molecular flexibility index (Phi) is 1.80. The van der Waals surface area contributed by atoms with Crippen LogP contribution in [0.25, 0.3) is 0 Å². The van der Waals surface area contributed by atoms with Gasteiger partial charge >= 0.3 is 0 Å². The van der Waals surface area contributed by atoms with Crippen LogP contribution in [0.1, 0.15) is 22.3 Å². The second-order valence-corrected chi connectivity index (χ2v) is 2.65. The summed E-state index contributed by atoms with van der Waals surface area (Å²) in [4.78, 5) is 0. The highest BCUT2D eigenvalue weighted by Gasteiger charge is 1.97. The maximum Gasteiger partial charge on any atom is -0.0233 e. The molecule has 52 valence electrons. The molecule has 0 saturated carbocycles. The van der Waals surface area contributed by atoms with Crippen molar-refractivity contribution in [1.82, 2.24) is 0 Å². The second kappa shape index (κ2) is 2.45. The lowest BCUT2D eigenvalue weighted by atomic mass is 10.0. The van der Waals surface area contributed by atoms with Crippen LogP contribution in [0.2, 0.25) is 0 Å². The minimum absolute atomic E-state index is 1.03. The maximum atomic E-state index is 3.92. The molecule has 0 heteroatoms. The Bertz CT molecular complexity index is 219. The van der Waals surface area contributed by atoms with Crippen molar-refractivity contribution in [2.24, 2.45) is 0 Å². The maximum absolute atomic E-state index is 3.92. The minimum atomic E-state index is 1.03. The van der Waals surface area contributed by atoms with Crippen molar-refractivity contribution in [3.05, 3.63) is 48.2 Å². The van der Waals surface area contributed by atoms with E-state index in [2.05, 4.69) is 33.8 Å². The highest BCUT2D eigenvalue weighted by atomic mass is 14.0. The molecule has 0 aliphatic heterocycles. The number of rotatable bonds is 0. The van der Waals surface area contributed by atoms with E-state index in [9.17, 15) is 0 Å². The van der Waals surface area contributed by atoms with Gasteiger partial charge < -0.3 is 0 Å². The quantitative estimate of drug-likeness (QED) is 0.509. The van der Waals surface area contributed by atoms with Gasteiger partial charge in [0, 0.05) is 0 Å². The average Bonchev–Trinajstić information content (AvgIpc) is 1.93. The normalized spacial score (nSPS) is 10.0. The van der Waals surface area contributed by atoms with Gasteiger partial charge in [0.1, 0.15) is 0 Å². The zero-order valence-corrected chi connectivity index (χ0v) is 6.57. The van der Waals surface area contributed by atoms with E-state index in [1.54, 1.807) is 0 Å². The van der Waals surface area contributed by atoms with Gasteiger partial charge in [0.15, 0.2) is 0 Å². The van der Waals surface area contributed by atoms with Gasteiger partial charge in [-0.2, -0.15) is 0 Å². The van der Waals surface area contributed by atoms with Gasteiger partial charge in [-0.3, -0.25) is 0 Å². The fourth-order valence-electron chi connectivity index (χ4n) is 0.930. The summed E-state index contributed by atoms with van der Waals surface area (Å²) in [6, 6.07) is 4.08. The Balaban J connectivity index is 3.34. The second-order valence-electron chi connectivity index (χ2n) is 2.65. The number of aryl methyl sites for hydroxylation is 1. The fourth-order valence-corrected chi connectivity index (χ4v) is 0.930. The molecule has 0 amide bonds. The lowest BCUT2D eigenvalue weighted by Gasteiger charge is -2.05. The summed E-state index contributed by atoms with van der Waals surface area (Å²) in [7, 11) is 0. The van der Waals surface area contributed by atoms with Crippen molar-refractivity contribution in [3.8, 4) is 0 Å². The zero-order chi connectivity index (χ0) is 7.72. The van der Waals surface area contributed by atoms with Crippen molar-refractivity contribution >= 4 is 0 Å². The summed E-state index contributed by atoms with van der Waals surface area (Å²) in [5.74, 6) is 0. The molecule has 0 saturated heterocycles. The minimum Gasteiger partial charge on any atom is -0.0588 e. The number of hydrogen-bond donors (Lipinski definition) is 0. The van der Waals surface area contributed by atoms with Crippen LogP contribution >= 0.6 is 0 Å². The summed E-state index contributed by atoms with van der Waals surface area (Å²) >= 11 is 0. The predicted molar refractivity (Wildman–Crippen MR) is 44.8 cm³/mol. The topological polar surface area (TPSA) is 0 Å². The molecule has 0 fully saturated rings. The van der Waals surface area contributed by atoms with Gasteiger partial charge in [-0.25, -0.2) is 0 Å². The van der Waals surface area contributed by atoms with Crippen LogP contribution in [-0.4, -0.2) is 0 Å². The van der Waals surface area contributed by atoms with Crippen LogP contribution in [0.5, 0.6) is 0 Å². The lowest BCUT2D eigenvalue weighted by Crippen LogP contribution is -1.88. The monoisotopic (exact) mass is 132 g/mol. The SMILES string of the molecule is [CH2]c1ccc(C)c(C)c1[CH2]. The molecular formula is C10H12. The average molecular weight is 132 g/mol. The molecule has 2 radical (unpaired) electrons. The van der Waals surface area contributed by atoms with E-state index in [0.717, 1.165) is 11.1 Å². The van der Waals surface area contributed by atoms with Gasteiger partial charge in [0.05, 0.1) is 0 Å². The van der Waals surface area contributed by atoms with E-state index in [1.165, 1.54) is 11.1 Å². The molecule has 0 atom stereocenters. The summed E-state index contributed by atoms with van der Waals surface area (Å²) in [5.41, 5.74) is 4.65. The molecule has 1 aromatic carbocycles.